The third-order valence-corrected chi connectivity index (χ3v) is 4.45. The lowest BCUT2D eigenvalue weighted by molar-refractivity contribution is -0.433. The molecule has 1 aliphatic heterocycles. The summed E-state index contributed by atoms with van der Waals surface area (Å²) in [6.07, 6.45) is 0. The molecule has 0 radical (unpaired) electrons. The number of hydrogen-bond donors (Lipinski definition) is 1. The van der Waals surface area contributed by atoms with Crippen molar-refractivity contribution < 1.29 is 17.5 Å². The first kappa shape index (κ1) is 13.2. The number of hydrogen-bond acceptors (Lipinski definition) is 2. The Morgan fingerprint density at radius 1 is 1.28 bits per heavy atom. The lowest BCUT2D eigenvalue weighted by atomic mass is 9.82. The van der Waals surface area contributed by atoms with Crippen LogP contribution in [0, 0.1) is 0 Å². The SMILES string of the molecule is CC1=[N+](CCS(=O)(=O)O)c2ccccc2C1(C)C. The zero-order valence-corrected chi connectivity index (χ0v) is 11.7. The van der Waals surface area contributed by atoms with Gasteiger partial charge in [-0.05, 0) is 13.8 Å². The van der Waals surface area contributed by atoms with Crippen LogP contribution in [0.4, 0.5) is 5.69 Å². The summed E-state index contributed by atoms with van der Waals surface area (Å²) >= 11 is 0. The number of benzene rings is 1. The van der Waals surface area contributed by atoms with E-state index in [1.807, 2.05) is 29.7 Å². The summed E-state index contributed by atoms with van der Waals surface area (Å²) in [5.74, 6) is -0.255. The quantitative estimate of drug-likeness (QED) is 0.673. The zero-order chi connectivity index (χ0) is 13.6. The average Bonchev–Trinajstić information content (AvgIpc) is 2.45. The maximum absolute atomic E-state index is 10.9. The Morgan fingerprint density at radius 3 is 2.50 bits per heavy atom. The smallest absolute Gasteiger partial charge is 0.271 e. The Bertz CT molecular complexity index is 615. The van der Waals surface area contributed by atoms with E-state index >= 15 is 0 Å². The molecule has 1 aromatic rings. The molecule has 0 fully saturated rings. The van der Waals surface area contributed by atoms with Crippen molar-refractivity contribution in [3.8, 4) is 0 Å². The minimum atomic E-state index is -3.93. The van der Waals surface area contributed by atoms with E-state index in [0.29, 0.717) is 0 Å². The molecule has 5 heteroatoms. The van der Waals surface area contributed by atoms with Crippen LogP contribution in [-0.2, 0) is 15.5 Å². The van der Waals surface area contributed by atoms with E-state index in [4.69, 9.17) is 4.55 Å². The summed E-state index contributed by atoms with van der Waals surface area (Å²) in [5, 5.41) is 0. The third-order valence-electron chi connectivity index (χ3n) is 3.75. The molecule has 1 N–H and O–H groups in total. The molecule has 0 bridgehead atoms. The van der Waals surface area contributed by atoms with Gasteiger partial charge in [0.15, 0.2) is 12.3 Å². The van der Waals surface area contributed by atoms with Gasteiger partial charge in [0.25, 0.3) is 10.1 Å². The van der Waals surface area contributed by atoms with Gasteiger partial charge in [-0.25, -0.2) is 0 Å². The third kappa shape index (κ3) is 2.20. The first-order valence-corrected chi connectivity index (χ1v) is 7.50. The molecule has 98 valence electrons. The van der Waals surface area contributed by atoms with Crippen molar-refractivity contribution in [2.75, 3.05) is 12.3 Å². The second-order valence-electron chi connectivity index (χ2n) is 5.17. The number of nitrogens with zero attached hydrogens (tertiary/aromatic N) is 1. The van der Waals surface area contributed by atoms with Gasteiger partial charge < -0.3 is 0 Å². The van der Waals surface area contributed by atoms with E-state index < -0.39 is 10.1 Å². The maximum atomic E-state index is 10.9. The van der Waals surface area contributed by atoms with Crippen molar-refractivity contribution in [2.45, 2.75) is 26.2 Å². The second kappa shape index (κ2) is 4.17. The van der Waals surface area contributed by atoms with Gasteiger partial charge in [-0.2, -0.15) is 13.0 Å². The van der Waals surface area contributed by atoms with Crippen LogP contribution in [0.2, 0.25) is 0 Å². The lowest BCUT2D eigenvalue weighted by Gasteiger charge is -2.14. The van der Waals surface area contributed by atoms with Gasteiger partial charge in [-0.3, -0.25) is 4.55 Å². The Morgan fingerprint density at radius 2 is 1.89 bits per heavy atom. The summed E-state index contributed by atoms with van der Waals surface area (Å²) in [6.45, 7) is 6.53. The van der Waals surface area contributed by atoms with Crippen LogP contribution in [0.1, 0.15) is 26.3 Å². The fourth-order valence-corrected chi connectivity index (χ4v) is 2.86. The van der Waals surface area contributed by atoms with Crippen molar-refractivity contribution in [3.63, 3.8) is 0 Å². The summed E-state index contributed by atoms with van der Waals surface area (Å²) in [7, 11) is -3.93. The number of fused-ring (bicyclic) bond motifs is 1. The van der Waals surface area contributed by atoms with Crippen molar-refractivity contribution in [1.29, 1.82) is 0 Å². The maximum Gasteiger partial charge on any atom is 0.271 e. The molecule has 0 aromatic heterocycles. The molecule has 4 nitrogen and oxygen atoms in total. The van der Waals surface area contributed by atoms with Gasteiger partial charge in [-0.1, -0.05) is 18.2 Å². The molecule has 18 heavy (non-hydrogen) atoms. The molecule has 2 rings (SSSR count). The Labute approximate surface area is 108 Å². The molecule has 0 atom stereocenters. The molecule has 0 spiro atoms. The molecule has 0 unspecified atom stereocenters. The van der Waals surface area contributed by atoms with E-state index in [2.05, 4.69) is 19.9 Å². The van der Waals surface area contributed by atoms with Crippen molar-refractivity contribution in [2.24, 2.45) is 0 Å². The molecular formula is C13H18NO3S+. The summed E-state index contributed by atoms with van der Waals surface area (Å²) in [6, 6.07) is 7.97. The molecule has 1 aromatic carbocycles. The predicted molar refractivity (Wildman–Crippen MR) is 71.4 cm³/mol. The summed E-state index contributed by atoms with van der Waals surface area (Å²) in [4.78, 5) is 0. The Kier molecular flexibility index (Phi) is 3.07. The van der Waals surface area contributed by atoms with Gasteiger partial charge in [0.05, 0.1) is 5.41 Å². The lowest BCUT2D eigenvalue weighted by Crippen LogP contribution is -2.28. The first-order valence-electron chi connectivity index (χ1n) is 5.90. The van der Waals surface area contributed by atoms with Gasteiger partial charge in [0, 0.05) is 18.6 Å². The van der Waals surface area contributed by atoms with Crippen LogP contribution in [0.3, 0.4) is 0 Å². The van der Waals surface area contributed by atoms with E-state index in [1.165, 1.54) is 5.56 Å². The number of para-hydroxylation sites is 1. The highest BCUT2D eigenvalue weighted by atomic mass is 32.2. The van der Waals surface area contributed by atoms with Crippen LogP contribution in [0.15, 0.2) is 24.3 Å². The van der Waals surface area contributed by atoms with Gasteiger partial charge in [0.1, 0.15) is 5.75 Å². The largest absolute Gasteiger partial charge is 0.285 e. The first-order chi connectivity index (χ1) is 8.23. The number of rotatable bonds is 3. The minimum absolute atomic E-state index is 0.101. The Balaban J connectivity index is 2.44. The predicted octanol–water partition coefficient (Wildman–Crippen LogP) is 1.97. The molecule has 1 heterocycles. The van der Waals surface area contributed by atoms with E-state index in [0.717, 1.165) is 11.4 Å². The summed E-state index contributed by atoms with van der Waals surface area (Å²) in [5.41, 5.74) is 3.23. The van der Waals surface area contributed by atoms with Crippen LogP contribution >= 0.6 is 0 Å². The molecular weight excluding hydrogens is 250 g/mol. The average molecular weight is 268 g/mol. The highest BCUT2D eigenvalue weighted by Crippen LogP contribution is 2.38. The second-order valence-corrected chi connectivity index (χ2v) is 6.74. The molecule has 0 saturated heterocycles. The molecule has 1 aliphatic rings. The van der Waals surface area contributed by atoms with E-state index in [1.54, 1.807) is 0 Å². The standard InChI is InChI=1S/C13H17NO3S/c1-10-13(2,3)11-6-4-5-7-12(11)14(10)8-9-18(15,16)17/h4-7H,8-9H2,1-3H3/p+1. The summed E-state index contributed by atoms with van der Waals surface area (Å²) < 4.78 is 32.6. The van der Waals surface area contributed by atoms with Gasteiger partial charge in [-0.15, -0.1) is 0 Å². The highest BCUT2D eigenvalue weighted by molar-refractivity contribution is 7.85. The molecule has 0 saturated carbocycles. The van der Waals surface area contributed by atoms with Crippen molar-refractivity contribution >= 4 is 21.5 Å². The van der Waals surface area contributed by atoms with Crippen LogP contribution < -0.4 is 0 Å². The Hall–Kier alpha value is -1.20. The van der Waals surface area contributed by atoms with Gasteiger partial charge >= 0.3 is 0 Å². The van der Waals surface area contributed by atoms with Crippen molar-refractivity contribution in [3.05, 3.63) is 29.8 Å². The molecule has 0 aliphatic carbocycles. The normalized spacial score (nSPS) is 18.0. The van der Waals surface area contributed by atoms with Crippen LogP contribution in [0.25, 0.3) is 0 Å². The monoisotopic (exact) mass is 268 g/mol. The molecule has 0 amide bonds. The fourth-order valence-electron chi connectivity index (χ4n) is 2.45. The fraction of sp³-hybridized carbons (Fsp3) is 0.462. The van der Waals surface area contributed by atoms with Gasteiger partial charge in [0.2, 0.25) is 5.69 Å². The van der Waals surface area contributed by atoms with Crippen LogP contribution in [0.5, 0.6) is 0 Å². The minimum Gasteiger partial charge on any atom is -0.285 e. The van der Waals surface area contributed by atoms with E-state index in [-0.39, 0.29) is 17.7 Å². The zero-order valence-electron chi connectivity index (χ0n) is 10.8. The highest BCUT2D eigenvalue weighted by Gasteiger charge is 2.42. The van der Waals surface area contributed by atoms with Crippen LogP contribution in [-0.4, -0.2) is 35.6 Å². The van der Waals surface area contributed by atoms with E-state index in [9.17, 15) is 8.42 Å². The topological polar surface area (TPSA) is 57.4 Å². The van der Waals surface area contributed by atoms with Crippen molar-refractivity contribution in [1.82, 2.24) is 0 Å².